The number of rotatable bonds is 6. The Kier molecular flexibility index (Phi) is 5.15. The first-order chi connectivity index (χ1) is 8.01. The fraction of sp³-hybridized carbons (Fsp3) is 0.333. The van der Waals surface area contributed by atoms with Gasteiger partial charge in [0.1, 0.15) is 0 Å². The summed E-state index contributed by atoms with van der Waals surface area (Å²) in [4.78, 5) is 0. The molecule has 1 rings (SSSR count). The molecule has 3 nitrogen and oxygen atoms in total. The molecular weight excluding hydrogens is 241 g/mol. The van der Waals surface area contributed by atoms with Gasteiger partial charge in [-0.3, -0.25) is 0 Å². The average molecular weight is 257 g/mol. The van der Waals surface area contributed by atoms with Gasteiger partial charge < -0.3 is 5.32 Å². The third kappa shape index (κ3) is 6.06. The smallest absolute Gasteiger partial charge is 0.326 e. The van der Waals surface area contributed by atoms with E-state index in [2.05, 4.69) is 12.2 Å². The van der Waals surface area contributed by atoms with Crippen LogP contribution in [-0.4, -0.2) is 8.42 Å². The van der Waals surface area contributed by atoms with Gasteiger partial charge in [0, 0.05) is 11.9 Å². The summed E-state index contributed by atoms with van der Waals surface area (Å²) in [5.41, 5.74) is 1.96. The topological polar surface area (TPSA) is 46.2 Å². The van der Waals surface area contributed by atoms with Gasteiger partial charge >= 0.3 is 10.2 Å². The number of hydrogen-bond donors (Lipinski definition) is 1. The molecular formula is C12H16FNO2S. The van der Waals surface area contributed by atoms with Crippen molar-refractivity contribution < 1.29 is 12.3 Å². The Hall–Kier alpha value is -1.36. The number of nitrogens with one attached hydrogen (secondary N) is 1. The van der Waals surface area contributed by atoms with Gasteiger partial charge in [-0.2, -0.15) is 8.42 Å². The van der Waals surface area contributed by atoms with Crippen LogP contribution in [0.15, 0.2) is 35.9 Å². The Labute approximate surface area is 102 Å². The lowest BCUT2D eigenvalue weighted by molar-refractivity contribution is 0.563. The van der Waals surface area contributed by atoms with Crippen LogP contribution in [0.3, 0.4) is 0 Å². The predicted octanol–water partition coefficient (Wildman–Crippen LogP) is 3.21. The summed E-state index contributed by atoms with van der Waals surface area (Å²) in [6.45, 7) is 2.14. The van der Waals surface area contributed by atoms with Gasteiger partial charge in [0.2, 0.25) is 0 Å². The van der Waals surface area contributed by atoms with Crippen LogP contribution < -0.4 is 5.32 Å². The molecule has 17 heavy (non-hydrogen) atoms. The molecule has 0 amide bonds. The van der Waals surface area contributed by atoms with Crippen molar-refractivity contribution in [2.45, 2.75) is 26.2 Å². The molecule has 0 aliphatic rings. The monoisotopic (exact) mass is 257 g/mol. The summed E-state index contributed by atoms with van der Waals surface area (Å²) < 4.78 is 32.5. The van der Waals surface area contributed by atoms with Crippen molar-refractivity contribution in [2.24, 2.45) is 0 Å². The highest BCUT2D eigenvalue weighted by molar-refractivity contribution is 7.89. The lowest BCUT2D eigenvalue weighted by Gasteiger charge is -2.03. The largest absolute Gasteiger partial charge is 0.361 e. The second-order valence-electron chi connectivity index (χ2n) is 3.72. The summed E-state index contributed by atoms with van der Waals surface area (Å²) in [5.74, 6) is 0. The van der Waals surface area contributed by atoms with Crippen LogP contribution in [0, 0.1) is 0 Å². The van der Waals surface area contributed by atoms with Crippen LogP contribution in [0.25, 0.3) is 0 Å². The fourth-order valence-electron chi connectivity index (χ4n) is 1.36. The maximum absolute atomic E-state index is 12.1. The molecule has 0 saturated carbocycles. The summed E-state index contributed by atoms with van der Waals surface area (Å²) in [6.07, 6.45) is 4.39. The van der Waals surface area contributed by atoms with E-state index < -0.39 is 10.2 Å². The normalized spacial score (nSPS) is 11.9. The third-order valence-corrected chi connectivity index (χ3v) is 2.71. The first-order valence-electron chi connectivity index (χ1n) is 5.48. The molecule has 94 valence electrons. The first-order valence-corrected chi connectivity index (χ1v) is 6.92. The summed E-state index contributed by atoms with van der Waals surface area (Å²) in [6, 6.07) is 7.60. The van der Waals surface area contributed by atoms with Crippen LogP contribution in [-0.2, 0) is 16.6 Å². The zero-order valence-corrected chi connectivity index (χ0v) is 10.5. The van der Waals surface area contributed by atoms with Crippen molar-refractivity contribution in [3.63, 3.8) is 0 Å². The number of halogens is 1. The van der Waals surface area contributed by atoms with Crippen molar-refractivity contribution in [3.8, 4) is 0 Å². The Morgan fingerprint density at radius 1 is 1.29 bits per heavy atom. The summed E-state index contributed by atoms with van der Waals surface area (Å²) in [7, 11) is -4.56. The summed E-state index contributed by atoms with van der Waals surface area (Å²) >= 11 is 0. The third-order valence-electron chi connectivity index (χ3n) is 2.25. The minimum Gasteiger partial charge on any atom is -0.361 e. The van der Waals surface area contributed by atoms with Gasteiger partial charge in [-0.1, -0.05) is 25.5 Å². The maximum Gasteiger partial charge on any atom is 0.326 e. The van der Waals surface area contributed by atoms with Crippen molar-refractivity contribution in [1.82, 2.24) is 0 Å². The highest BCUT2D eigenvalue weighted by Gasteiger charge is 1.98. The Morgan fingerprint density at radius 3 is 2.47 bits per heavy atom. The molecule has 5 heteroatoms. The van der Waals surface area contributed by atoms with Crippen molar-refractivity contribution in [2.75, 3.05) is 5.32 Å². The average Bonchev–Trinajstić information content (AvgIpc) is 2.26. The molecule has 0 unspecified atom stereocenters. The molecule has 0 atom stereocenters. The zero-order valence-electron chi connectivity index (χ0n) is 9.69. The van der Waals surface area contributed by atoms with Crippen molar-refractivity contribution in [1.29, 1.82) is 0 Å². The Morgan fingerprint density at radius 2 is 1.94 bits per heavy atom. The van der Waals surface area contributed by atoms with Crippen molar-refractivity contribution >= 4 is 15.9 Å². The Bertz CT molecular complexity index is 466. The highest BCUT2D eigenvalue weighted by atomic mass is 32.3. The van der Waals surface area contributed by atoms with E-state index in [0.29, 0.717) is 5.41 Å². The highest BCUT2D eigenvalue weighted by Crippen LogP contribution is 2.11. The molecule has 0 aliphatic carbocycles. The van der Waals surface area contributed by atoms with E-state index in [1.807, 2.05) is 24.3 Å². The minimum atomic E-state index is -4.56. The number of benzene rings is 1. The minimum absolute atomic E-state index is 0.484. The first kappa shape index (κ1) is 13.7. The molecule has 0 radical (unpaired) electrons. The molecule has 1 aromatic rings. The van der Waals surface area contributed by atoms with Crippen molar-refractivity contribution in [3.05, 3.63) is 41.4 Å². The Balaban J connectivity index is 2.54. The second kappa shape index (κ2) is 6.39. The number of hydrogen-bond acceptors (Lipinski definition) is 3. The molecule has 1 aromatic carbocycles. The van der Waals surface area contributed by atoms with Crippen LogP contribution in [0.4, 0.5) is 9.57 Å². The lowest BCUT2D eigenvalue weighted by atomic mass is 10.1. The van der Waals surface area contributed by atoms with Gasteiger partial charge in [0.15, 0.2) is 0 Å². The van der Waals surface area contributed by atoms with Crippen LogP contribution in [0.1, 0.15) is 25.3 Å². The van der Waals surface area contributed by atoms with Crippen LogP contribution in [0.2, 0.25) is 0 Å². The molecule has 0 fully saturated rings. The SMILES string of the molecule is CCCCc1ccc(N/C=C/S(=O)(=O)F)cc1. The number of aryl methyl sites for hydroxylation is 1. The molecule has 0 bridgehead atoms. The van der Waals surface area contributed by atoms with Gasteiger partial charge in [-0.05, 0) is 30.5 Å². The molecule has 0 saturated heterocycles. The molecule has 0 spiro atoms. The van der Waals surface area contributed by atoms with Gasteiger partial charge in [0.25, 0.3) is 0 Å². The quantitative estimate of drug-likeness (QED) is 0.796. The van der Waals surface area contributed by atoms with Gasteiger partial charge in [0.05, 0.1) is 5.41 Å². The molecule has 0 heterocycles. The van der Waals surface area contributed by atoms with Gasteiger partial charge in [-0.15, -0.1) is 3.89 Å². The van der Waals surface area contributed by atoms with E-state index in [9.17, 15) is 12.3 Å². The molecule has 0 aliphatic heterocycles. The van der Waals surface area contributed by atoms with Crippen LogP contribution in [0.5, 0.6) is 0 Å². The van der Waals surface area contributed by atoms with E-state index in [0.717, 1.165) is 31.1 Å². The number of anilines is 1. The second-order valence-corrected chi connectivity index (χ2v) is 4.95. The summed E-state index contributed by atoms with van der Waals surface area (Å²) in [5, 5.41) is 3.17. The standard InChI is InChI=1S/C12H16FNO2S/c1-2-3-4-11-5-7-12(8-6-11)14-9-10-17(13,15)16/h5-10,14H,2-4H2,1H3/b10-9+. The molecule has 0 aromatic heterocycles. The zero-order chi connectivity index (χ0) is 12.7. The van der Waals surface area contributed by atoms with Crippen LogP contribution >= 0.6 is 0 Å². The van der Waals surface area contributed by atoms with E-state index in [1.54, 1.807) is 0 Å². The number of unbranched alkanes of at least 4 members (excludes halogenated alkanes) is 1. The maximum atomic E-state index is 12.1. The molecule has 1 N–H and O–H groups in total. The van der Waals surface area contributed by atoms with E-state index in [1.165, 1.54) is 5.56 Å². The predicted molar refractivity (Wildman–Crippen MR) is 67.8 cm³/mol. The van der Waals surface area contributed by atoms with E-state index >= 15 is 0 Å². The fourth-order valence-corrected chi connectivity index (χ4v) is 1.59. The van der Waals surface area contributed by atoms with E-state index in [4.69, 9.17) is 0 Å². The van der Waals surface area contributed by atoms with E-state index in [-0.39, 0.29) is 0 Å². The van der Waals surface area contributed by atoms with Gasteiger partial charge in [-0.25, -0.2) is 0 Å². The lowest BCUT2D eigenvalue weighted by Crippen LogP contribution is -1.91.